The molecule has 1 N–H and O–H groups in total. The van der Waals surface area contributed by atoms with Crippen molar-refractivity contribution in [3.8, 4) is 0 Å². The molecule has 4 heteroatoms. The average Bonchev–Trinajstić information content (AvgIpc) is 3.27. The van der Waals surface area contributed by atoms with Crippen LogP contribution in [0, 0.1) is 0 Å². The number of ether oxygens (including phenoxy) is 1. The molecule has 1 aromatic carbocycles. The fraction of sp³-hybridized carbons (Fsp3) is 0.417. The third-order valence-corrected chi connectivity index (χ3v) is 5.80. The van der Waals surface area contributed by atoms with Crippen molar-refractivity contribution in [1.29, 1.82) is 0 Å². The molecular formula is C24H29N2O2+. The highest BCUT2D eigenvalue weighted by Crippen LogP contribution is 2.37. The summed E-state index contributed by atoms with van der Waals surface area (Å²) >= 11 is 0. The second-order valence-corrected chi connectivity index (χ2v) is 8.40. The van der Waals surface area contributed by atoms with E-state index in [4.69, 9.17) is 4.74 Å². The molecule has 28 heavy (non-hydrogen) atoms. The van der Waals surface area contributed by atoms with Gasteiger partial charge in [-0.3, -0.25) is 4.79 Å². The predicted molar refractivity (Wildman–Crippen MR) is 110 cm³/mol. The van der Waals surface area contributed by atoms with Crippen LogP contribution in [0.4, 0.5) is 0 Å². The third-order valence-electron chi connectivity index (χ3n) is 5.80. The van der Waals surface area contributed by atoms with Gasteiger partial charge in [0.2, 0.25) is 0 Å². The Hall–Kier alpha value is -2.62. The molecule has 146 valence electrons. The molecule has 0 saturated heterocycles. The zero-order valence-electron chi connectivity index (χ0n) is 16.9. The van der Waals surface area contributed by atoms with Crippen LogP contribution in [0.2, 0.25) is 0 Å². The first kappa shape index (κ1) is 18.7. The van der Waals surface area contributed by atoms with Crippen LogP contribution in [0.15, 0.2) is 48.8 Å². The molecule has 2 unspecified atom stereocenters. The molecule has 1 fully saturated rings. The Labute approximate surface area is 166 Å². The lowest BCUT2D eigenvalue weighted by molar-refractivity contribution is -0.671. The van der Waals surface area contributed by atoms with Gasteiger partial charge in [-0.15, -0.1) is 0 Å². The minimum atomic E-state index is -0.130. The quantitative estimate of drug-likeness (QED) is 0.524. The Morgan fingerprint density at radius 1 is 1.25 bits per heavy atom. The van der Waals surface area contributed by atoms with Crippen molar-refractivity contribution in [1.82, 2.24) is 4.98 Å². The van der Waals surface area contributed by atoms with Crippen LogP contribution in [0.5, 0.6) is 0 Å². The second-order valence-electron chi connectivity index (χ2n) is 8.40. The lowest BCUT2D eigenvalue weighted by atomic mass is 10.0. The van der Waals surface area contributed by atoms with E-state index in [1.54, 1.807) is 0 Å². The molecular weight excluding hydrogens is 348 g/mol. The summed E-state index contributed by atoms with van der Waals surface area (Å²) < 4.78 is 7.72. The number of aromatic nitrogens is 2. The molecule has 0 bridgehead atoms. The van der Waals surface area contributed by atoms with Crippen LogP contribution >= 0.6 is 0 Å². The maximum absolute atomic E-state index is 12.3. The van der Waals surface area contributed by atoms with Crippen molar-refractivity contribution < 1.29 is 14.1 Å². The summed E-state index contributed by atoms with van der Waals surface area (Å²) in [5.74, 6) is 0.835. The average molecular weight is 378 g/mol. The van der Waals surface area contributed by atoms with E-state index in [9.17, 15) is 4.79 Å². The summed E-state index contributed by atoms with van der Waals surface area (Å²) in [5, 5.41) is 1.28. The minimum Gasteiger partial charge on any atom is -0.462 e. The number of rotatable bonds is 5. The fourth-order valence-corrected chi connectivity index (χ4v) is 4.23. The van der Waals surface area contributed by atoms with Gasteiger partial charge in [0.05, 0.1) is 6.42 Å². The normalized spacial score (nSPS) is 19.4. The Balaban J connectivity index is 1.38. The maximum Gasteiger partial charge on any atom is 0.310 e. The summed E-state index contributed by atoms with van der Waals surface area (Å²) in [6.45, 7) is 4.44. The van der Waals surface area contributed by atoms with Crippen molar-refractivity contribution in [3.05, 3.63) is 65.6 Å². The predicted octanol–water partition coefficient (Wildman–Crippen LogP) is 4.54. The van der Waals surface area contributed by atoms with Gasteiger partial charge >= 0.3 is 5.97 Å². The first-order chi connectivity index (χ1) is 13.5. The highest BCUT2D eigenvalue weighted by Gasteiger charge is 2.29. The Morgan fingerprint density at radius 3 is 2.89 bits per heavy atom. The van der Waals surface area contributed by atoms with Crippen LogP contribution in [0.25, 0.3) is 10.9 Å². The maximum atomic E-state index is 12.3. The van der Waals surface area contributed by atoms with Gasteiger partial charge in [0.25, 0.3) is 0 Å². The van der Waals surface area contributed by atoms with Crippen molar-refractivity contribution in [3.63, 3.8) is 0 Å². The number of benzene rings is 1. The highest BCUT2D eigenvalue weighted by molar-refractivity contribution is 5.81. The third kappa shape index (κ3) is 4.11. The standard InChI is InChI=1S/C24H29N2O2/c1-16(2)18-7-9-22-20(12-18)14-23(25-22)19-6-8-21(13-19)28-24(27)11-17-5-4-10-26(3)15-17/h4-5,7,9-10,12,14-16,19,21,25H,6,8,11,13H2,1-3H3/q+1. The molecule has 1 aliphatic rings. The van der Waals surface area contributed by atoms with E-state index in [2.05, 4.69) is 43.1 Å². The summed E-state index contributed by atoms with van der Waals surface area (Å²) in [7, 11) is 1.96. The van der Waals surface area contributed by atoms with Crippen LogP contribution in [0.1, 0.15) is 61.8 Å². The number of carbonyl (C=O) groups excluding carboxylic acids is 1. The van der Waals surface area contributed by atoms with Gasteiger partial charge in [0, 0.05) is 28.8 Å². The molecule has 2 heterocycles. The SMILES string of the molecule is CC(C)c1ccc2[nH]c(C3CCC(OC(=O)Cc4ccc[n+](C)c4)C3)cc2c1. The number of fused-ring (bicyclic) bond motifs is 1. The van der Waals surface area contributed by atoms with Crippen molar-refractivity contribution in [2.24, 2.45) is 7.05 Å². The van der Waals surface area contributed by atoms with E-state index < -0.39 is 0 Å². The Kier molecular flexibility index (Phi) is 5.21. The summed E-state index contributed by atoms with van der Waals surface area (Å²) in [6, 6.07) is 12.9. The number of H-pyrrole nitrogens is 1. The monoisotopic (exact) mass is 377 g/mol. The summed E-state index contributed by atoms with van der Waals surface area (Å²) in [6.07, 6.45) is 7.18. The van der Waals surface area contributed by atoms with Crippen LogP contribution in [0.3, 0.4) is 0 Å². The van der Waals surface area contributed by atoms with E-state index in [1.807, 2.05) is 36.1 Å². The van der Waals surface area contributed by atoms with Crippen LogP contribution in [-0.2, 0) is 23.0 Å². The zero-order valence-corrected chi connectivity index (χ0v) is 16.9. The van der Waals surface area contributed by atoms with Crippen LogP contribution < -0.4 is 4.57 Å². The van der Waals surface area contributed by atoms with Gasteiger partial charge in [0.1, 0.15) is 13.2 Å². The second kappa shape index (κ2) is 7.78. The molecule has 1 aliphatic carbocycles. The smallest absolute Gasteiger partial charge is 0.310 e. The van der Waals surface area contributed by atoms with Gasteiger partial charge in [0.15, 0.2) is 12.4 Å². The van der Waals surface area contributed by atoms with Gasteiger partial charge in [-0.2, -0.15) is 0 Å². The molecule has 4 rings (SSSR count). The Morgan fingerprint density at radius 2 is 2.11 bits per heavy atom. The van der Waals surface area contributed by atoms with Crippen molar-refractivity contribution in [2.75, 3.05) is 0 Å². The lowest BCUT2D eigenvalue weighted by Crippen LogP contribution is -2.27. The number of nitrogens with zero attached hydrogens (tertiary/aromatic N) is 1. The molecule has 0 aliphatic heterocycles. The molecule has 4 nitrogen and oxygen atoms in total. The van der Waals surface area contributed by atoms with Gasteiger partial charge in [-0.25, -0.2) is 4.57 Å². The number of hydrogen-bond acceptors (Lipinski definition) is 2. The number of nitrogens with one attached hydrogen (secondary N) is 1. The summed E-state index contributed by atoms with van der Waals surface area (Å²) in [5.41, 5.74) is 4.81. The number of carbonyl (C=O) groups is 1. The number of hydrogen-bond donors (Lipinski definition) is 1. The Bertz CT molecular complexity index is 989. The molecule has 0 radical (unpaired) electrons. The van der Waals surface area contributed by atoms with Crippen molar-refractivity contribution in [2.45, 2.75) is 57.5 Å². The number of esters is 1. The number of aryl methyl sites for hydroxylation is 1. The first-order valence-electron chi connectivity index (χ1n) is 10.2. The van der Waals surface area contributed by atoms with Crippen molar-refractivity contribution >= 4 is 16.9 Å². The molecule has 0 spiro atoms. The van der Waals surface area contributed by atoms with E-state index in [1.165, 1.54) is 22.2 Å². The summed E-state index contributed by atoms with van der Waals surface area (Å²) in [4.78, 5) is 15.9. The topological polar surface area (TPSA) is 46.0 Å². The van der Waals surface area contributed by atoms with Gasteiger partial charge < -0.3 is 9.72 Å². The number of pyridine rings is 1. The van der Waals surface area contributed by atoms with Gasteiger partial charge in [-0.1, -0.05) is 19.9 Å². The molecule has 2 atom stereocenters. The minimum absolute atomic E-state index is 0.0209. The molecule has 2 aromatic heterocycles. The largest absolute Gasteiger partial charge is 0.462 e. The van der Waals surface area contributed by atoms with E-state index in [0.29, 0.717) is 18.3 Å². The highest BCUT2D eigenvalue weighted by atomic mass is 16.5. The van der Waals surface area contributed by atoms with Crippen LogP contribution in [-0.4, -0.2) is 17.1 Å². The van der Waals surface area contributed by atoms with E-state index in [0.717, 1.165) is 24.8 Å². The molecule has 3 aromatic rings. The lowest BCUT2D eigenvalue weighted by Gasteiger charge is -2.12. The fourth-order valence-electron chi connectivity index (χ4n) is 4.23. The molecule has 1 saturated carbocycles. The first-order valence-corrected chi connectivity index (χ1v) is 10.2. The van der Waals surface area contributed by atoms with E-state index >= 15 is 0 Å². The number of aromatic amines is 1. The zero-order chi connectivity index (χ0) is 19.7. The molecule has 0 amide bonds. The van der Waals surface area contributed by atoms with E-state index in [-0.39, 0.29) is 12.1 Å². The van der Waals surface area contributed by atoms with Gasteiger partial charge in [-0.05, 0) is 60.4 Å².